The number of aromatic hydroxyl groups is 1. The van der Waals surface area contributed by atoms with E-state index < -0.39 is 85.1 Å². The molecule has 9 aromatic rings. The summed E-state index contributed by atoms with van der Waals surface area (Å²) >= 11 is 0. The Labute approximate surface area is 439 Å². The van der Waals surface area contributed by atoms with Crippen molar-refractivity contribution in [1.29, 1.82) is 0 Å². The third-order valence-electron chi connectivity index (χ3n) is 13.0. The fraction of sp³-hybridized carbons (Fsp3) is 0.273. The average Bonchev–Trinajstić information content (AvgIpc) is 0.790. The van der Waals surface area contributed by atoms with Crippen LogP contribution in [-0.2, 0) is 16.2 Å². The molecule has 0 aliphatic heterocycles. The molecule has 4 nitrogen and oxygen atoms in total. The van der Waals surface area contributed by atoms with Crippen molar-refractivity contribution in [3.05, 3.63) is 192 Å². The fourth-order valence-electron chi connectivity index (χ4n) is 8.88. The first kappa shape index (κ1) is 32.0. The lowest BCUT2D eigenvalue weighted by Crippen LogP contribution is -2.13. The Hall–Kier alpha value is -7.04. The zero-order valence-corrected chi connectivity index (χ0v) is 41.5. The molecular weight excluding hydrogens is 851 g/mol. The van der Waals surface area contributed by atoms with Crippen molar-refractivity contribution in [1.82, 2.24) is 14.5 Å². The fourth-order valence-corrected chi connectivity index (χ4v) is 8.88. The maximum Gasteiger partial charge on any atom is 0.149 e. The van der Waals surface area contributed by atoms with Crippen molar-refractivity contribution in [2.24, 2.45) is 0 Å². The van der Waals surface area contributed by atoms with E-state index in [0.717, 1.165) is 39.1 Å². The molecule has 0 bridgehead atoms. The van der Waals surface area contributed by atoms with Gasteiger partial charge in [-0.25, -0.2) is 4.98 Å². The van der Waals surface area contributed by atoms with Crippen LogP contribution in [0.15, 0.2) is 164 Å². The van der Waals surface area contributed by atoms with E-state index in [4.69, 9.17) is 22.8 Å². The lowest BCUT2D eigenvalue weighted by molar-refractivity contribution is 0.466. The van der Waals surface area contributed by atoms with Crippen LogP contribution in [0.2, 0.25) is 0 Å². The van der Waals surface area contributed by atoms with E-state index in [1.165, 1.54) is 5.56 Å². The van der Waals surface area contributed by atoms with Gasteiger partial charge in [0, 0.05) is 35.2 Å². The van der Waals surface area contributed by atoms with Crippen molar-refractivity contribution in [2.45, 2.75) is 118 Å². The van der Waals surface area contributed by atoms with E-state index in [-0.39, 0.29) is 39.7 Å². The van der Waals surface area contributed by atoms with E-state index in [1.54, 1.807) is 12.1 Å². The summed E-state index contributed by atoms with van der Waals surface area (Å²) in [7, 11) is 0. The van der Waals surface area contributed by atoms with Gasteiger partial charge >= 0.3 is 0 Å². The summed E-state index contributed by atoms with van der Waals surface area (Å²) < 4.78 is 142. The average molecular weight is 936 g/mol. The summed E-state index contributed by atoms with van der Waals surface area (Å²) in [4.78, 5) is 10.1. The summed E-state index contributed by atoms with van der Waals surface area (Å²) in [6.45, 7) is 9.50. The zero-order valence-electron chi connectivity index (χ0n) is 57.5. The van der Waals surface area contributed by atoms with Crippen LogP contribution in [0, 0.1) is 0 Å². The van der Waals surface area contributed by atoms with Crippen LogP contribution in [0.25, 0.3) is 83.9 Å². The Morgan fingerprint density at radius 2 is 1.20 bits per heavy atom. The number of fused-ring (bicyclic) bond motifs is 1. The van der Waals surface area contributed by atoms with Gasteiger partial charge in [-0.1, -0.05) is 199 Å². The van der Waals surface area contributed by atoms with Gasteiger partial charge in [-0.15, -0.1) is 0 Å². The highest BCUT2D eigenvalue weighted by Gasteiger charge is 2.27. The van der Waals surface area contributed by atoms with Gasteiger partial charge in [-0.05, 0) is 138 Å². The molecule has 7 aromatic carbocycles. The Bertz CT molecular complexity index is 4060. The number of phenols is 1. The van der Waals surface area contributed by atoms with Gasteiger partial charge in [-0.2, -0.15) is 0 Å². The van der Waals surface area contributed by atoms with Gasteiger partial charge in [0.2, 0.25) is 0 Å². The molecule has 0 amide bonds. The molecule has 4 heteroatoms. The number of aromatic nitrogens is 3. The van der Waals surface area contributed by atoms with Crippen LogP contribution in [0.1, 0.15) is 151 Å². The number of para-hydroxylation sites is 1. The number of rotatable bonds is 9. The topological polar surface area (TPSA) is 50.9 Å². The molecule has 0 fully saturated rings. The second-order valence-corrected chi connectivity index (χ2v) is 20.9. The lowest BCUT2D eigenvalue weighted by atomic mass is 9.84. The lowest BCUT2D eigenvalue weighted by Gasteiger charge is -2.24. The standard InChI is InChI=1S/C66H69N3O/c1-41(2)47-37-56(42(3)4)62(70)57(38-47)63-68-61-55(20-17-21-59(61)69(63)60-40-53(66(11,12)13)30-31-54(60)45-24-28-52(29-25-45)65(8,9)10)49-34-48(43-18-15-14-16-19-43)35-50(36-49)58-39-46(32-33-67-58)44-22-26-51(27-23-44)64(5,6)7/h14-42,70H,1-13H3/i5D3,6D3,7D3,22D,23D,26D,27D,32D,33D,39D. The third kappa shape index (κ3) is 9.49. The maximum absolute atomic E-state index is 12.6. The van der Waals surface area contributed by atoms with Crippen LogP contribution in [0.3, 0.4) is 0 Å². The number of hydrogen-bond donors (Lipinski definition) is 1. The quantitative estimate of drug-likeness (QED) is 0.157. The van der Waals surface area contributed by atoms with Crippen molar-refractivity contribution >= 4 is 11.0 Å². The number of phenolic OH excluding ortho intramolecular Hbond substituents is 1. The number of hydrogen-bond acceptors (Lipinski definition) is 3. The Kier molecular flexibility index (Phi) is 8.39. The molecule has 1 N–H and O–H groups in total. The molecule has 0 saturated carbocycles. The molecule has 0 atom stereocenters. The summed E-state index contributed by atoms with van der Waals surface area (Å²) in [6.07, 6.45) is -0.739. The normalized spacial score (nSPS) is 16.2. The van der Waals surface area contributed by atoms with Gasteiger partial charge in [0.25, 0.3) is 0 Å². The first-order valence-corrected chi connectivity index (χ1v) is 23.8. The summed E-state index contributed by atoms with van der Waals surface area (Å²) in [5.41, 5.74) is 3.84. The molecule has 0 aliphatic carbocycles. The minimum atomic E-state index is -3.93. The van der Waals surface area contributed by atoms with Gasteiger partial charge in [0.1, 0.15) is 11.6 Å². The van der Waals surface area contributed by atoms with Gasteiger partial charge in [0.15, 0.2) is 0 Å². The monoisotopic (exact) mass is 936 g/mol. The highest BCUT2D eigenvalue weighted by atomic mass is 16.3. The number of pyridine rings is 1. The van der Waals surface area contributed by atoms with Gasteiger partial charge in [-0.3, -0.25) is 9.55 Å². The molecule has 0 spiro atoms. The van der Waals surface area contributed by atoms with E-state index in [0.29, 0.717) is 39.1 Å². The molecule has 2 aromatic heterocycles. The molecule has 0 unspecified atom stereocenters. The molecular formula is C66H69N3O. The molecule has 70 heavy (non-hydrogen) atoms. The van der Waals surface area contributed by atoms with Crippen molar-refractivity contribution in [3.8, 4) is 78.6 Å². The zero-order chi connectivity index (χ0) is 63.5. The van der Waals surface area contributed by atoms with Crippen molar-refractivity contribution < 1.29 is 27.0 Å². The number of benzene rings is 7. The molecule has 0 aliphatic rings. The predicted octanol–water partition coefficient (Wildman–Crippen LogP) is 18.3. The van der Waals surface area contributed by atoms with Crippen LogP contribution in [-0.4, -0.2) is 19.6 Å². The first-order valence-electron chi connectivity index (χ1n) is 31.8. The second kappa shape index (κ2) is 18.4. The smallest absolute Gasteiger partial charge is 0.149 e. The van der Waals surface area contributed by atoms with E-state index in [2.05, 4.69) is 113 Å². The van der Waals surface area contributed by atoms with Crippen LogP contribution in [0.4, 0.5) is 0 Å². The molecule has 9 rings (SSSR count). The highest BCUT2D eigenvalue weighted by Crippen LogP contribution is 2.45. The summed E-state index contributed by atoms with van der Waals surface area (Å²) in [6, 6.07) is 33.4. The molecule has 0 saturated heterocycles. The summed E-state index contributed by atoms with van der Waals surface area (Å²) in [5.74, 6) is 0.584. The van der Waals surface area contributed by atoms with Crippen LogP contribution >= 0.6 is 0 Å². The first-order chi connectivity index (χ1) is 39.8. The number of nitrogens with zero attached hydrogens (tertiary/aromatic N) is 3. The van der Waals surface area contributed by atoms with E-state index in [9.17, 15) is 9.22 Å². The van der Waals surface area contributed by atoms with E-state index >= 15 is 0 Å². The Morgan fingerprint density at radius 1 is 0.529 bits per heavy atom. The van der Waals surface area contributed by atoms with Crippen LogP contribution < -0.4 is 0 Å². The molecule has 0 radical (unpaired) electrons. The largest absolute Gasteiger partial charge is 0.507 e. The highest BCUT2D eigenvalue weighted by molar-refractivity contribution is 5.98. The molecule has 2 heterocycles. The Morgan fingerprint density at radius 3 is 1.86 bits per heavy atom. The second-order valence-electron chi connectivity index (χ2n) is 20.9. The SMILES string of the molecule is [2H]c1nc(-c2cc(-c3ccccc3)cc(-c3cccc4c3nc(-c3cc(C(C)C)cc(C(C)C)c3O)n4-c3cc(C(C)(C)C)ccc3-c3ccc(C(C)(C)C)cc3)c2)c([2H])c(-c2c([2H])c([2H])c(C(C([2H])([2H])[2H])(C([2H])([2H])[2H])C([2H])([2H])[2H])c([2H])c2[2H])c1[2H]. The van der Waals surface area contributed by atoms with Crippen molar-refractivity contribution in [2.75, 3.05) is 0 Å². The van der Waals surface area contributed by atoms with E-state index in [1.807, 2.05) is 74.5 Å². The maximum atomic E-state index is 12.6. The van der Waals surface area contributed by atoms with Gasteiger partial charge in [0.05, 0.1) is 37.6 Å². The molecule has 354 valence electrons. The third-order valence-corrected chi connectivity index (χ3v) is 13.0. The number of imidazole rings is 1. The Balaban J connectivity index is 1.38. The van der Waals surface area contributed by atoms with Crippen molar-refractivity contribution in [3.63, 3.8) is 0 Å². The predicted molar refractivity (Wildman–Crippen MR) is 297 cm³/mol. The minimum absolute atomic E-state index is 0.0583. The van der Waals surface area contributed by atoms with Gasteiger partial charge < -0.3 is 5.11 Å². The summed E-state index contributed by atoms with van der Waals surface area (Å²) in [5, 5.41) is 12.6. The minimum Gasteiger partial charge on any atom is -0.507 e. The van der Waals surface area contributed by atoms with Crippen LogP contribution in [0.5, 0.6) is 5.75 Å².